The number of aryl methyl sites for hydroxylation is 1. The van der Waals surface area contributed by atoms with Crippen LogP contribution in [0.25, 0.3) is 16.6 Å². The Kier molecular flexibility index (Phi) is 3.76. The van der Waals surface area contributed by atoms with Gasteiger partial charge in [-0.2, -0.15) is 0 Å². The molecule has 2 aromatic carbocycles. The maximum absolute atomic E-state index is 14.6. The summed E-state index contributed by atoms with van der Waals surface area (Å²) in [7, 11) is 0. The SMILES string of the molecule is Cc1c(C2CC2)c(F)cc2c(=O)c(C(=O)O)cn(-c3ccc(O)cc3F)c12. The number of phenols is 1. The zero-order valence-electron chi connectivity index (χ0n) is 14.3. The van der Waals surface area contributed by atoms with Gasteiger partial charge >= 0.3 is 5.97 Å². The fraction of sp³-hybridized carbons (Fsp3) is 0.200. The van der Waals surface area contributed by atoms with Gasteiger partial charge in [0.05, 0.1) is 16.6 Å². The Morgan fingerprint density at radius 3 is 2.48 bits per heavy atom. The van der Waals surface area contributed by atoms with Crippen molar-refractivity contribution in [2.45, 2.75) is 25.7 Å². The lowest BCUT2D eigenvalue weighted by molar-refractivity contribution is 0.0695. The van der Waals surface area contributed by atoms with Gasteiger partial charge in [-0.25, -0.2) is 13.6 Å². The molecule has 3 aromatic rings. The van der Waals surface area contributed by atoms with Crippen LogP contribution in [0.2, 0.25) is 0 Å². The number of carboxylic acid groups (broad SMARTS) is 1. The molecule has 7 heteroatoms. The molecule has 2 N–H and O–H groups in total. The molecule has 0 amide bonds. The van der Waals surface area contributed by atoms with Gasteiger partial charge in [0.1, 0.15) is 17.1 Å². The van der Waals surface area contributed by atoms with Gasteiger partial charge in [0.15, 0.2) is 5.82 Å². The van der Waals surface area contributed by atoms with E-state index in [0.717, 1.165) is 31.2 Å². The van der Waals surface area contributed by atoms with E-state index in [2.05, 4.69) is 0 Å². The number of fused-ring (bicyclic) bond motifs is 1. The van der Waals surface area contributed by atoms with E-state index in [1.165, 1.54) is 16.7 Å². The summed E-state index contributed by atoms with van der Waals surface area (Å²) in [4.78, 5) is 24.1. The fourth-order valence-electron chi connectivity index (χ4n) is 3.57. The van der Waals surface area contributed by atoms with Crippen LogP contribution in [0, 0.1) is 18.6 Å². The number of pyridine rings is 1. The number of hydrogen-bond donors (Lipinski definition) is 2. The molecule has 4 rings (SSSR count). The molecule has 5 nitrogen and oxygen atoms in total. The Morgan fingerprint density at radius 1 is 1.19 bits per heavy atom. The van der Waals surface area contributed by atoms with Crippen molar-refractivity contribution in [1.82, 2.24) is 4.57 Å². The average molecular weight is 371 g/mol. The molecular formula is C20H15F2NO4. The van der Waals surface area contributed by atoms with Gasteiger partial charge in [-0.15, -0.1) is 0 Å². The molecule has 0 aliphatic heterocycles. The van der Waals surface area contributed by atoms with Crippen LogP contribution in [0.4, 0.5) is 8.78 Å². The first kappa shape index (κ1) is 17.2. The standard InChI is InChI=1S/C20H15F2NO4/c1-9-17(10-2-3-10)15(22)7-12-18(9)23(8-13(19(12)25)20(26)27)16-5-4-11(24)6-14(16)21/h4-8,10,24H,2-3H2,1H3,(H,26,27). The third kappa shape index (κ3) is 2.66. The van der Waals surface area contributed by atoms with E-state index in [0.29, 0.717) is 11.1 Å². The zero-order chi connectivity index (χ0) is 19.5. The van der Waals surface area contributed by atoms with Crippen LogP contribution in [0.3, 0.4) is 0 Å². The van der Waals surface area contributed by atoms with Gasteiger partial charge in [-0.3, -0.25) is 4.79 Å². The molecule has 27 heavy (non-hydrogen) atoms. The fourth-order valence-corrected chi connectivity index (χ4v) is 3.57. The minimum absolute atomic E-state index is 0.0433. The van der Waals surface area contributed by atoms with Crippen molar-refractivity contribution in [2.24, 2.45) is 0 Å². The number of carboxylic acids is 1. The summed E-state index contributed by atoms with van der Waals surface area (Å²) in [5.74, 6) is -3.09. The van der Waals surface area contributed by atoms with Crippen molar-refractivity contribution in [3.05, 3.63) is 69.0 Å². The van der Waals surface area contributed by atoms with Gasteiger partial charge < -0.3 is 14.8 Å². The molecule has 1 aromatic heterocycles. The molecule has 138 valence electrons. The lowest BCUT2D eigenvalue weighted by Gasteiger charge is -2.18. The first-order valence-electron chi connectivity index (χ1n) is 8.40. The van der Waals surface area contributed by atoms with Gasteiger partial charge in [0.25, 0.3) is 0 Å². The number of rotatable bonds is 3. The van der Waals surface area contributed by atoms with Crippen molar-refractivity contribution < 1.29 is 23.8 Å². The molecule has 1 aliphatic carbocycles. The Balaban J connectivity index is 2.19. The summed E-state index contributed by atoms with van der Waals surface area (Å²) in [6.45, 7) is 1.65. The molecular weight excluding hydrogens is 356 g/mol. The summed E-state index contributed by atoms with van der Waals surface area (Å²) in [6.07, 6.45) is 2.70. The van der Waals surface area contributed by atoms with Gasteiger partial charge in [0.2, 0.25) is 5.43 Å². The van der Waals surface area contributed by atoms with Crippen LogP contribution in [0.15, 0.2) is 35.3 Å². The highest BCUT2D eigenvalue weighted by Crippen LogP contribution is 2.44. The first-order valence-corrected chi connectivity index (χ1v) is 8.40. The number of nitrogens with zero attached hydrogens (tertiary/aromatic N) is 1. The minimum Gasteiger partial charge on any atom is -0.508 e. The molecule has 0 spiro atoms. The summed E-state index contributed by atoms with van der Waals surface area (Å²) < 4.78 is 30.4. The van der Waals surface area contributed by atoms with E-state index in [-0.39, 0.29) is 28.3 Å². The van der Waals surface area contributed by atoms with Crippen molar-refractivity contribution in [2.75, 3.05) is 0 Å². The smallest absolute Gasteiger partial charge is 0.341 e. The van der Waals surface area contributed by atoms with E-state index in [9.17, 15) is 28.6 Å². The largest absolute Gasteiger partial charge is 0.508 e. The van der Waals surface area contributed by atoms with Gasteiger partial charge in [-0.1, -0.05) is 0 Å². The molecule has 0 atom stereocenters. The van der Waals surface area contributed by atoms with Crippen LogP contribution < -0.4 is 5.43 Å². The number of halogens is 2. The molecule has 1 fully saturated rings. The first-order chi connectivity index (χ1) is 12.8. The number of aromatic hydroxyl groups is 1. The predicted molar refractivity (Wildman–Crippen MR) is 94.8 cm³/mol. The lowest BCUT2D eigenvalue weighted by Crippen LogP contribution is -2.20. The van der Waals surface area contributed by atoms with E-state index >= 15 is 0 Å². The highest BCUT2D eigenvalue weighted by atomic mass is 19.1. The number of aromatic nitrogens is 1. The number of benzene rings is 2. The summed E-state index contributed by atoms with van der Waals surface area (Å²) >= 11 is 0. The normalized spacial score (nSPS) is 13.9. The second-order valence-electron chi connectivity index (χ2n) is 6.75. The predicted octanol–water partition coefficient (Wildman–Crippen LogP) is 3.86. The second-order valence-corrected chi connectivity index (χ2v) is 6.75. The third-order valence-corrected chi connectivity index (χ3v) is 4.94. The van der Waals surface area contributed by atoms with E-state index in [1.807, 2.05) is 0 Å². The minimum atomic E-state index is -1.49. The topological polar surface area (TPSA) is 79.5 Å². The molecule has 1 saturated carbocycles. The van der Waals surface area contributed by atoms with Crippen LogP contribution in [0.1, 0.15) is 40.2 Å². The third-order valence-electron chi connectivity index (χ3n) is 4.94. The highest BCUT2D eigenvalue weighted by Gasteiger charge is 2.31. The highest BCUT2D eigenvalue weighted by molar-refractivity contribution is 5.94. The maximum Gasteiger partial charge on any atom is 0.341 e. The second kappa shape index (κ2) is 5.90. The van der Waals surface area contributed by atoms with Crippen molar-refractivity contribution in [3.8, 4) is 11.4 Å². The van der Waals surface area contributed by atoms with E-state index in [1.54, 1.807) is 6.92 Å². The average Bonchev–Trinajstić information content (AvgIpc) is 3.41. The number of hydrogen-bond acceptors (Lipinski definition) is 3. The van der Waals surface area contributed by atoms with Crippen molar-refractivity contribution in [3.63, 3.8) is 0 Å². The number of phenolic OH excluding ortho intramolecular Hbond substituents is 1. The summed E-state index contributed by atoms with van der Waals surface area (Å²) in [5, 5.41) is 18.7. The molecule has 0 bridgehead atoms. The summed E-state index contributed by atoms with van der Waals surface area (Å²) in [6, 6.07) is 4.46. The Labute approximate surface area is 152 Å². The zero-order valence-corrected chi connectivity index (χ0v) is 14.3. The van der Waals surface area contributed by atoms with Gasteiger partial charge in [-0.05, 0) is 55.0 Å². The Hall–Kier alpha value is -3.22. The number of carbonyl (C=O) groups is 1. The lowest BCUT2D eigenvalue weighted by atomic mass is 9.98. The molecule has 0 unspecified atom stereocenters. The molecule has 0 saturated heterocycles. The number of aromatic carboxylic acids is 1. The molecule has 1 aliphatic rings. The van der Waals surface area contributed by atoms with Crippen molar-refractivity contribution >= 4 is 16.9 Å². The van der Waals surface area contributed by atoms with Crippen LogP contribution in [0.5, 0.6) is 5.75 Å². The molecule has 0 radical (unpaired) electrons. The Morgan fingerprint density at radius 2 is 1.89 bits per heavy atom. The van der Waals surface area contributed by atoms with Crippen molar-refractivity contribution in [1.29, 1.82) is 0 Å². The summed E-state index contributed by atoms with van der Waals surface area (Å²) in [5.41, 5.74) is -0.244. The monoisotopic (exact) mass is 371 g/mol. The Bertz CT molecular complexity index is 1180. The van der Waals surface area contributed by atoms with Gasteiger partial charge in [0, 0.05) is 12.3 Å². The molecule has 1 heterocycles. The van der Waals surface area contributed by atoms with E-state index < -0.39 is 28.6 Å². The van der Waals surface area contributed by atoms with Crippen LogP contribution >= 0.6 is 0 Å². The van der Waals surface area contributed by atoms with Crippen LogP contribution in [-0.4, -0.2) is 20.7 Å². The van der Waals surface area contributed by atoms with E-state index in [4.69, 9.17) is 0 Å². The maximum atomic E-state index is 14.6. The van der Waals surface area contributed by atoms with Crippen LogP contribution in [-0.2, 0) is 0 Å². The quantitative estimate of drug-likeness (QED) is 0.733.